The zero-order valence-electron chi connectivity index (χ0n) is 51.0. The Kier molecular flexibility index (Phi) is 16.4. The molecule has 436 valence electrons. The molecule has 0 amide bonds. The van der Waals surface area contributed by atoms with Gasteiger partial charge < -0.3 is 8.83 Å². The maximum absolute atomic E-state index is 5.87. The highest BCUT2D eigenvalue weighted by molar-refractivity contribution is 7.27. The molecule has 13 aromatic carbocycles. The molecule has 0 fully saturated rings. The van der Waals surface area contributed by atoms with Crippen LogP contribution in [0.4, 0.5) is 0 Å². The first kappa shape index (κ1) is 58.0. The molecule has 0 spiro atoms. The molecule has 0 aliphatic heterocycles. The highest BCUT2D eigenvalue weighted by Crippen LogP contribution is 2.39. The molecule has 6 heteroatoms. The number of benzene rings is 13. The van der Waals surface area contributed by atoms with Gasteiger partial charge in [0.25, 0.3) is 0 Å². The number of aryl methyl sites for hydroxylation is 6. The van der Waals surface area contributed by atoms with Crippen molar-refractivity contribution < 1.29 is 8.83 Å². The largest absolute Gasteiger partial charge is 0.456 e. The van der Waals surface area contributed by atoms with Crippen LogP contribution in [0.25, 0.3) is 136 Å². The zero-order valence-corrected chi connectivity index (χ0v) is 54.3. The van der Waals surface area contributed by atoms with Crippen LogP contribution in [-0.4, -0.2) is 0 Å². The molecule has 0 saturated carbocycles. The lowest BCUT2D eigenvalue weighted by atomic mass is 10.0. The van der Waals surface area contributed by atoms with Gasteiger partial charge in [-0.1, -0.05) is 211 Å². The van der Waals surface area contributed by atoms with E-state index >= 15 is 0 Å². The predicted octanol–water partition coefficient (Wildman–Crippen LogP) is 26.9. The summed E-state index contributed by atoms with van der Waals surface area (Å²) >= 11 is 7.50. The van der Waals surface area contributed by atoms with Crippen molar-refractivity contribution in [2.24, 2.45) is 0 Å². The molecule has 90 heavy (non-hydrogen) atoms. The van der Waals surface area contributed by atoms with Crippen LogP contribution in [0, 0.1) is 41.5 Å². The van der Waals surface area contributed by atoms with Crippen molar-refractivity contribution in [1.82, 2.24) is 0 Å². The minimum absolute atomic E-state index is 0.947. The first-order valence-corrected chi connectivity index (χ1v) is 33.7. The minimum Gasteiger partial charge on any atom is -0.456 e. The lowest BCUT2D eigenvalue weighted by Crippen LogP contribution is -1.79. The number of hydrogen-bond donors (Lipinski definition) is 0. The van der Waals surface area contributed by atoms with Crippen LogP contribution in [-0.2, 0) is 0 Å². The Balaban J connectivity index is 0.0000000948. The van der Waals surface area contributed by atoms with Crippen LogP contribution in [0.5, 0.6) is 0 Å². The monoisotopic (exact) mass is 1230 g/mol. The van der Waals surface area contributed by atoms with Gasteiger partial charge in [-0.3, -0.25) is 0 Å². The van der Waals surface area contributed by atoms with Crippen molar-refractivity contribution in [2.45, 2.75) is 41.5 Å². The van der Waals surface area contributed by atoms with Crippen LogP contribution in [0.3, 0.4) is 0 Å². The number of para-hydroxylation sites is 2. The van der Waals surface area contributed by atoms with Crippen LogP contribution in [0.1, 0.15) is 33.4 Å². The fourth-order valence-corrected chi connectivity index (χ4v) is 16.7. The fraction of sp³-hybridized carbons (Fsp3) is 0.0714. The lowest BCUT2D eigenvalue weighted by molar-refractivity contribution is 0.668. The Morgan fingerprint density at radius 1 is 0.211 bits per heavy atom. The van der Waals surface area contributed by atoms with E-state index < -0.39 is 0 Å². The Labute approximate surface area is 539 Å². The van der Waals surface area contributed by atoms with Crippen molar-refractivity contribution in [1.29, 1.82) is 0 Å². The molecular weight excluding hydrogens is 1170 g/mol. The topological polar surface area (TPSA) is 26.3 Å². The van der Waals surface area contributed by atoms with Gasteiger partial charge in [0.2, 0.25) is 0 Å². The van der Waals surface area contributed by atoms with E-state index in [1.165, 1.54) is 147 Å². The quantitative estimate of drug-likeness (QED) is 0.164. The Morgan fingerprint density at radius 3 is 1.26 bits per heavy atom. The van der Waals surface area contributed by atoms with Gasteiger partial charge >= 0.3 is 0 Å². The van der Waals surface area contributed by atoms with E-state index in [2.05, 4.69) is 278 Å². The molecule has 19 aromatic rings. The second kappa shape index (κ2) is 25.4. The minimum atomic E-state index is 0.947. The van der Waals surface area contributed by atoms with Gasteiger partial charge in [-0.25, -0.2) is 0 Å². The number of thiophene rings is 4. The Hall–Kier alpha value is -9.66. The van der Waals surface area contributed by atoms with Crippen molar-refractivity contribution in [3.05, 3.63) is 312 Å². The van der Waals surface area contributed by atoms with Crippen LogP contribution >= 0.6 is 45.3 Å². The maximum atomic E-state index is 5.87. The summed E-state index contributed by atoms with van der Waals surface area (Å²) < 4.78 is 22.7. The highest BCUT2D eigenvalue weighted by Gasteiger charge is 2.11. The predicted molar refractivity (Wildman–Crippen MR) is 399 cm³/mol. The van der Waals surface area contributed by atoms with E-state index in [-0.39, 0.29) is 0 Å². The highest BCUT2D eigenvalue weighted by atomic mass is 32.1. The smallest absolute Gasteiger partial charge is 0.135 e. The summed E-state index contributed by atoms with van der Waals surface area (Å²) in [6.45, 7) is 12.9. The average molecular weight is 1230 g/mol. The van der Waals surface area contributed by atoms with Crippen molar-refractivity contribution in [3.8, 4) is 11.1 Å². The second-order valence-corrected chi connectivity index (χ2v) is 27.3. The molecule has 2 nitrogen and oxygen atoms in total. The molecule has 0 bridgehead atoms. The van der Waals surface area contributed by atoms with Gasteiger partial charge in [0, 0.05) is 102 Å². The summed E-state index contributed by atoms with van der Waals surface area (Å²) in [5.41, 5.74) is 14.3. The molecule has 0 N–H and O–H groups in total. The maximum Gasteiger partial charge on any atom is 0.135 e. The van der Waals surface area contributed by atoms with Crippen LogP contribution in [0.15, 0.2) is 288 Å². The average Bonchev–Trinajstić information content (AvgIpc) is 3.45. The normalized spacial score (nSPS) is 11.2. The summed E-state index contributed by atoms with van der Waals surface area (Å²) in [7, 11) is 0. The van der Waals surface area contributed by atoms with Crippen molar-refractivity contribution >= 4 is 170 Å². The van der Waals surface area contributed by atoms with Crippen molar-refractivity contribution in [2.75, 3.05) is 0 Å². The number of rotatable bonds is 1. The lowest BCUT2D eigenvalue weighted by Gasteiger charge is -2.03. The van der Waals surface area contributed by atoms with Gasteiger partial charge in [0.1, 0.15) is 22.3 Å². The summed E-state index contributed by atoms with van der Waals surface area (Å²) in [6, 6.07) is 98.3. The van der Waals surface area contributed by atoms with Crippen LogP contribution < -0.4 is 0 Å². The standard InChI is InChI=1S/C19H14O.C13H10O.4C13H10S/c1-13-5-4-6-14(11-13)15-9-10-19-17(12-15)16-7-2-3-8-18(16)20-19;1-9-5-4-8-12-13(9)10-6-2-3-7-11(10)14-12;1-9-5-4-7-11-10-6-2-3-8-12(10)14-13(9)11;1-9-5-4-8-12-13(9)10-6-2-3-7-11(10)14-12;2*1-9-6-7-13-11(8-9)10-4-2-3-5-12(10)14-13/h2-12H,1H3;5*2-8H,1H3. The number of furan rings is 2. The Morgan fingerprint density at radius 2 is 0.611 bits per heavy atom. The summed E-state index contributed by atoms with van der Waals surface area (Å²) in [5, 5.41) is 16.0. The summed E-state index contributed by atoms with van der Waals surface area (Å²) in [4.78, 5) is 0. The third kappa shape index (κ3) is 11.8. The van der Waals surface area contributed by atoms with Crippen molar-refractivity contribution in [3.63, 3.8) is 0 Å². The summed E-state index contributed by atoms with van der Waals surface area (Å²) in [6.07, 6.45) is 0. The third-order valence-corrected chi connectivity index (χ3v) is 21.4. The molecular formula is C84H64O2S4. The molecule has 19 rings (SSSR count). The molecule has 6 heterocycles. The molecule has 0 radical (unpaired) electrons. The van der Waals surface area contributed by atoms with E-state index in [1.807, 2.05) is 87.8 Å². The first-order valence-electron chi connectivity index (χ1n) is 30.4. The Bertz CT molecular complexity index is 5530. The molecule has 0 unspecified atom stereocenters. The number of fused-ring (bicyclic) bond motifs is 18. The summed E-state index contributed by atoms with van der Waals surface area (Å²) in [5.74, 6) is 0. The van der Waals surface area contributed by atoms with E-state index in [9.17, 15) is 0 Å². The second-order valence-electron chi connectivity index (χ2n) is 23.0. The third-order valence-electron chi connectivity index (χ3n) is 16.6. The zero-order chi connectivity index (χ0) is 61.2. The van der Waals surface area contributed by atoms with E-state index in [1.54, 1.807) is 0 Å². The fourth-order valence-electron chi connectivity index (χ4n) is 12.2. The van der Waals surface area contributed by atoms with Gasteiger partial charge in [0.05, 0.1) is 0 Å². The first-order chi connectivity index (χ1) is 44.1. The van der Waals surface area contributed by atoms with Gasteiger partial charge in [-0.15, -0.1) is 45.3 Å². The molecule has 0 aliphatic carbocycles. The SMILES string of the molecule is Cc1ccc2sc3ccccc3c2c1.Cc1ccc2sc3ccccc3c2c1.Cc1cccc(-c2ccc3oc4ccccc4c3c2)c1.Cc1cccc2c1sc1ccccc12.Cc1cccc2oc3ccccc3c12.Cc1cccc2sc3ccccc3c12. The van der Waals surface area contributed by atoms with E-state index in [0.717, 1.165) is 22.3 Å². The van der Waals surface area contributed by atoms with Gasteiger partial charge in [-0.05, 0) is 154 Å². The number of hydrogen-bond acceptors (Lipinski definition) is 6. The molecule has 0 saturated heterocycles. The van der Waals surface area contributed by atoms with Gasteiger partial charge in [0.15, 0.2) is 0 Å². The molecule has 0 aliphatic rings. The molecule has 6 aromatic heterocycles. The van der Waals surface area contributed by atoms with E-state index in [4.69, 9.17) is 8.83 Å². The van der Waals surface area contributed by atoms with Gasteiger partial charge in [-0.2, -0.15) is 0 Å². The van der Waals surface area contributed by atoms with Crippen LogP contribution in [0.2, 0.25) is 0 Å². The van der Waals surface area contributed by atoms with E-state index in [0.29, 0.717) is 0 Å². The molecule has 0 atom stereocenters.